The Morgan fingerprint density at radius 1 is 0.742 bits per heavy atom. The summed E-state index contributed by atoms with van der Waals surface area (Å²) in [6.07, 6.45) is 14.2. The second kappa shape index (κ2) is 21.5. The van der Waals surface area contributed by atoms with Crippen molar-refractivity contribution < 1.29 is 24.0 Å². The first-order valence-corrected chi connectivity index (χ1v) is 23.1. The lowest BCUT2D eigenvalue weighted by molar-refractivity contribution is -0.132. The molecule has 4 aromatic rings. The highest BCUT2D eigenvalue weighted by molar-refractivity contribution is 5.97. The minimum Gasteiger partial charge on any atom is -0.354 e. The molecule has 11 heteroatoms. The van der Waals surface area contributed by atoms with Crippen LogP contribution >= 0.6 is 0 Å². The van der Waals surface area contributed by atoms with Gasteiger partial charge >= 0.3 is 0 Å². The molecule has 0 radical (unpaired) electrons. The van der Waals surface area contributed by atoms with Crippen molar-refractivity contribution in [2.45, 2.75) is 121 Å². The number of hydrogen-bond donors (Lipinski definition) is 3. The van der Waals surface area contributed by atoms with Crippen LogP contribution in [0.4, 0.5) is 0 Å². The first-order valence-electron chi connectivity index (χ1n) is 23.1. The normalized spacial score (nSPS) is 21.8. The molecule has 1 saturated heterocycles. The predicted octanol–water partition coefficient (Wildman–Crippen LogP) is 7.83. The number of Topliss-reactive ketones (excluding diaryl/α,β-unsaturated/α-hetero) is 1. The van der Waals surface area contributed by atoms with Gasteiger partial charge in [0.1, 0.15) is 11.8 Å². The topological polar surface area (TPSA) is 142 Å². The number of aromatic nitrogens is 2. The molecule has 2 saturated carbocycles. The van der Waals surface area contributed by atoms with E-state index >= 15 is 0 Å². The van der Waals surface area contributed by atoms with Crippen molar-refractivity contribution >= 4 is 29.4 Å². The number of nitrogens with one attached hydrogen (secondary N) is 3. The Morgan fingerprint density at radius 2 is 1.40 bits per heavy atom. The number of ketones is 1. The van der Waals surface area contributed by atoms with Crippen LogP contribution in [0.1, 0.15) is 124 Å². The molecular weight excluding hydrogens is 777 g/mol. The number of benzene rings is 3. The van der Waals surface area contributed by atoms with E-state index in [1.807, 2.05) is 59.3 Å². The van der Waals surface area contributed by atoms with Crippen LogP contribution in [0.5, 0.6) is 0 Å². The van der Waals surface area contributed by atoms with Gasteiger partial charge in [0.25, 0.3) is 5.91 Å². The molecule has 62 heavy (non-hydrogen) atoms. The Labute approximate surface area is 366 Å². The minimum absolute atomic E-state index is 0.0229. The van der Waals surface area contributed by atoms with Crippen LogP contribution in [-0.4, -0.2) is 75.6 Å². The zero-order valence-corrected chi connectivity index (χ0v) is 36.5. The summed E-state index contributed by atoms with van der Waals surface area (Å²) in [5.41, 5.74) is 4.37. The van der Waals surface area contributed by atoms with Gasteiger partial charge in [-0.05, 0) is 60.8 Å². The summed E-state index contributed by atoms with van der Waals surface area (Å²) in [5.74, 6) is -0.962. The van der Waals surface area contributed by atoms with Crippen LogP contribution in [0.2, 0.25) is 0 Å². The van der Waals surface area contributed by atoms with E-state index in [0.29, 0.717) is 36.6 Å². The van der Waals surface area contributed by atoms with Gasteiger partial charge in [-0.15, -0.1) is 0 Å². The molecule has 2 aliphatic carbocycles. The summed E-state index contributed by atoms with van der Waals surface area (Å²) in [6.45, 7) is 5.47. The van der Waals surface area contributed by atoms with E-state index in [1.165, 1.54) is 11.1 Å². The van der Waals surface area contributed by atoms with Gasteiger partial charge in [0.05, 0.1) is 24.5 Å². The van der Waals surface area contributed by atoms with Gasteiger partial charge in [-0.25, -0.2) is 4.98 Å². The number of imidazole rings is 1. The quantitative estimate of drug-likeness (QED) is 0.0651. The number of rotatable bonds is 23. The highest BCUT2D eigenvalue weighted by Crippen LogP contribution is 2.50. The zero-order chi connectivity index (χ0) is 43.4. The first kappa shape index (κ1) is 44.5. The van der Waals surface area contributed by atoms with Gasteiger partial charge in [-0.2, -0.15) is 0 Å². The Kier molecular flexibility index (Phi) is 15.4. The summed E-state index contributed by atoms with van der Waals surface area (Å²) < 4.78 is 1.81. The van der Waals surface area contributed by atoms with Crippen LogP contribution in [-0.2, 0) is 25.7 Å². The molecule has 11 nitrogen and oxygen atoms in total. The van der Waals surface area contributed by atoms with E-state index in [-0.39, 0.29) is 66.9 Å². The zero-order valence-electron chi connectivity index (χ0n) is 36.5. The molecule has 1 aromatic heterocycles. The van der Waals surface area contributed by atoms with Crippen molar-refractivity contribution in [3.63, 3.8) is 0 Å². The number of nitrogens with zero attached hydrogens (tertiary/aromatic N) is 3. The van der Waals surface area contributed by atoms with E-state index < -0.39 is 17.9 Å². The number of unbranched alkanes of at least 4 members (excludes halogenated alkanes) is 6. The maximum Gasteiger partial charge on any atom is 0.253 e. The molecule has 7 atom stereocenters. The number of carbonyl (C=O) groups is 5. The number of amides is 4. The predicted molar refractivity (Wildman–Crippen MR) is 241 cm³/mol. The first-order chi connectivity index (χ1) is 30.2. The number of likely N-dealkylation sites (tertiary alicyclic amines) is 1. The third-order valence-electron chi connectivity index (χ3n) is 13.0. The maximum atomic E-state index is 14.1. The van der Waals surface area contributed by atoms with Crippen LogP contribution in [0, 0.1) is 17.8 Å². The monoisotopic (exact) mass is 840 g/mol. The molecule has 3 aromatic carbocycles. The van der Waals surface area contributed by atoms with Gasteiger partial charge in [-0.1, -0.05) is 125 Å². The van der Waals surface area contributed by atoms with Gasteiger partial charge in [0.2, 0.25) is 17.7 Å². The average molecular weight is 841 g/mol. The smallest absolute Gasteiger partial charge is 0.253 e. The summed E-state index contributed by atoms with van der Waals surface area (Å²) in [4.78, 5) is 74.4. The maximum absolute atomic E-state index is 14.1. The fourth-order valence-corrected chi connectivity index (χ4v) is 9.11. The Hall–Kier alpha value is -5.58. The highest BCUT2D eigenvalue weighted by atomic mass is 16.2. The molecule has 3 N–H and O–H groups in total. The third-order valence-corrected chi connectivity index (χ3v) is 13.0. The van der Waals surface area contributed by atoms with E-state index in [1.54, 1.807) is 23.4 Å². The van der Waals surface area contributed by atoms with Gasteiger partial charge in [0, 0.05) is 67.7 Å². The molecule has 1 aliphatic heterocycles. The van der Waals surface area contributed by atoms with Crippen molar-refractivity contribution in [1.29, 1.82) is 0 Å². The van der Waals surface area contributed by atoms with E-state index in [0.717, 1.165) is 69.8 Å². The lowest BCUT2D eigenvalue weighted by Crippen LogP contribution is -2.49. The summed E-state index contributed by atoms with van der Waals surface area (Å²) >= 11 is 0. The van der Waals surface area contributed by atoms with E-state index in [2.05, 4.69) is 59.0 Å². The van der Waals surface area contributed by atoms with E-state index in [9.17, 15) is 24.0 Å². The average Bonchev–Trinajstić information content (AvgIpc) is 4.13. The number of carbonyl (C=O) groups excluding carboxylic acids is 5. The van der Waals surface area contributed by atoms with Gasteiger partial charge < -0.3 is 25.4 Å². The van der Waals surface area contributed by atoms with Gasteiger partial charge in [0.15, 0.2) is 0 Å². The van der Waals surface area contributed by atoms with Crippen LogP contribution < -0.4 is 16.0 Å². The summed E-state index contributed by atoms with van der Waals surface area (Å²) in [6, 6.07) is 26.9. The molecule has 3 aliphatic rings. The van der Waals surface area contributed by atoms with Crippen molar-refractivity contribution in [3.05, 3.63) is 114 Å². The molecule has 7 rings (SSSR count). The van der Waals surface area contributed by atoms with Crippen molar-refractivity contribution in [2.75, 3.05) is 19.6 Å². The highest BCUT2D eigenvalue weighted by Gasteiger charge is 2.48. The Bertz CT molecular complexity index is 2050. The Balaban J connectivity index is 0.985. The summed E-state index contributed by atoms with van der Waals surface area (Å²) in [5, 5.41) is 9.21. The molecule has 1 unspecified atom stereocenters. The molecule has 0 spiro atoms. The number of hydrogen-bond acceptors (Lipinski definition) is 6. The van der Waals surface area contributed by atoms with Gasteiger partial charge in [-0.3, -0.25) is 24.0 Å². The molecule has 2 heterocycles. The molecular formula is C51H64N6O5. The second-order valence-electron chi connectivity index (χ2n) is 17.8. The second-order valence-corrected chi connectivity index (χ2v) is 17.8. The summed E-state index contributed by atoms with van der Waals surface area (Å²) in [7, 11) is 0. The van der Waals surface area contributed by atoms with E-state index in [4.69, 9.17) is 0 Å². The SMILES string of the molecule is CCCCCCNC(=O)C(Cn1cnc(-c2ccc(C(=O)N3C[C@@H](C(=O)C[C@H]4C[C@@H]4c4ccccc4)[C@H](C(=O)N[C@H]4C[C@@H]4c4ccccc4)C3)cc2)c1)NC(=O)CCCCCC. The standard InChI is InChI=1S/C51H64N6O5/c1-3-5-7-15-21-48(59)54-46(50(61)52-26-16-8-6-4-2)33-56-32-45(53-34-56)37-22-24-38(25-23-37)51(62)57-30-42(47(58)28-39-27-40(39)35-17-11-9-12-18-35)43(31-57)49(60)55-44-29-41(44)36-19-13-10-14-20-36/h9-14,17-20,22-25,32,34,39-44,46H,3-8,15-16,21,26-31,33H2,1-2H3,(H,52,61)(H,54,59)(H,55,60)/t39-,40-,41-,42-,43-,44+,46?/m1/s1. The largest absolute Gasteiger partial charge is 0.354 e. The van der Waals surface area contributed by atoms with Crippen LogP contribution in [0.15, 0.2) is 97.5 Å². The molecule has 4 amide bonds. The molecule has 3 fully saturated rings. The minimum atomic E-state index is -0.742. The van der Waals surface area contributed by atoms with Crippen molar-refractivity contribution in [3.8, 4) is 11.3 Å². The van der Waals surface area contributed by atoms with Crippen molar-refractivity contribution in [2.24, 2.45) is 17.8 Å². The van der Waals surface area contributed by atoms with Crippen LogP contribution in [0.25, 0.3) is 11.3 Å². The Morgan fingerprint density at radius 3 is 2.10 bits per heavy atom. The lowest BCUT2D eigenvalue weighted by atomic mass is 9.88. The van der Waals surface area contributed by atoms with Crippen LogP contribution in [0.3, 0.4) is 0 Å². The molecule has 328 valence electrons. The fraction of sp³-hybridized carbons (Fsp3) is 0.490. The fourth-order valence-electron chi connectivity index (χ4n) is 9.11. The third kappa shape index (κ3) is 11.9. The lowest BCUT2D eigenvalue weighted by Gasteiger charge is -2.19. The van der Waals surface area contributed by atoms with Crippen molar-refractivity contribution in [1.82, 2.24) is 30.4 Å². The molecule has 0 bridgehead atoms.